The van der Waals surface area contributed by atoms with Gasteiger partial charge in [-0.05, 0) is 19.3 Å². The third-order valence-corrected chi connectivity index (χ3v) is 3.73. The molecule has 2 saturated carbocycles. The summed E-state index contributed by atoms with van der Waals surface area (Å²) in [7, 11) is 0. The summed E-state index contributed by atoms with van der Waals surface area (Å²) in [5.74, 6) is 0. The zero-order valence-electron chi connectivity index (χ0n) is 11.3. The molecule has 9 N–H and O–H groups in total. The second-order valence-corrected chi connectivity index (χ2v) is 5.61. The van der Waals surface area contributed by atoms with Crippen molar-refractivity contribution in [2.24, 2.45) is 0 Å². The van der Waals surface area contributed by atoms with E-state index < -0.39 is 54.9 Å². The molecule has 0 radical (unpaired) electrons. The van der Waals surface area contributed by atoms with Gasteiger partial charge in [-0.15, -0.1) is 0 Å². The SMILES string of the molecule is OC1C(O)C(O)C(O)C(O)C1O.OC1CC(O)CC(O)C1. The van der Waals surface area contributed by atoms with Crippen LogP contribution in [0.5, 0.6) is 0 Å². The largest absolute Gasteiger partial charge is 0.393 e. The lowest BCUT2D eigenvalue weighted by atomic mass is 9.85. The highest BCUT2D eigenvalue weighted by atomic mass is 16.4. The monoisotopic (exact) mass is 312 g/mol. The molecule has 9 heteroatoms. The van der Waals surface area contributed by atoms with Crippen LogP contribution in [-0.4, -0.2) is 101 Å². The van der Waals surface area contributed by atoms with Gasteiger partial charge in [-0.3, -0.25) is 0 Å². The summed E-state index contributed by atoms with van der Waals surface area (Å²) in [5, 5.41) is 80.6. The summed E-state index contributed by atoms with van der Waals surface area (Å²) in [4.78, 5) is 0. The Bertz CT molecular complexity index is 232. The molecule has 0 unspecified atom stereocenters. The summed E-state index contributed by atoms with van der Waals surface area (Å²) in [6, 6.07) is 0. The van der Waals surface area contributed by atoms with E-state index in [9.17, 15) is 0 Å². The van der Waals surface area contributed by atoms with Crippen molar-refractivity contribution in [3.63, 3.8) is 0 Å². The molecule has 0 spiro atoms. The second-order valence-electron chi connectivity index (χ2n) is 5.61. The molecule has 0 amide bonds. The Kier molecular flexibility index (Phi) is 6.91. The first-order chi connectivity index (χ1) is 9.65. The van der Waals surface area contributed by atoms with Crippen molar-refractivity contribution >= 4 is 0 Å². The van der Waals surface area contributed by atoms with Crippen molar-refractivity contribution < 1.29 is 46.0 Å². The van der Waals surface area contributed by atoms with E-state index in [4.69, 9.17) is 46.0 Å². The minimum absolute atomic E-state index is 0.414. The highest BCUT2D eigenvalue weighted by Crippen LogP contribution is 2.21. The van der Waals surface area contributed by atoms with Crippen molar-refractivity contribution in [2.75, 3.05) is 0 Å². The van der Waals surface area contributed by atoms with E-state index in [-0.39, 0.29) is 0 Å². The predicted molar refractivity (Wildman–Crippen MR) is 67.9 cm³/mol. The highest BCUT2D eigenvalue weighted by molar-refractivity contribution is 4.98. The lowest BCUT2D eigenvalue weighted by Gasteiger charge is -2.39. The van der Waals surface area contributed by atoms with Gasteiger partial charge in [-0.1, -0.05) is 0 Å². The van der Waals surface area contributed by atoms with Crippen LogP contribution in [0.25, 0.3) is 0 Å². The maximum absolute atomic E-state index is 8.97. The smallest absolute Gasteiger partial charge is 0.111 e. The predicted octanol–water partition coefficient (Wildman–Crippen LogP) is -4.58. The lowest BCUT2D eigenvalue weighted by molar-refractivity contribution is -0.223. The Balaban J connectivity index is 0.000000219. The minimum Gasteiger partial charge on any atom is -0.393 e. The maximum Gasteiger partial charge on any atom is 0.111 e. The summed E-state index contributed by atoms with van der Waals surface area (Å²) < 4.78 is 0. The standard InChI is InChI=1S/C6H12O6.C6H12O3/c7-1-2(8)4(10)6(12)5(11)3(1)9;7-4-1-5(8)3-6(9)2-4/h1-12H;4-9H,1-3H2. The fourth-order valence-corrected chi connectivity index (χ4v) is 2.44. The molecular weight excluding hydrogens is 288 g/mol. The Morgan fingerprint density at radius 2 is 0.476 bits per heavy atom. The Hall–Kier alpha value is -0.360. The molecule has 126 valence electrons. The van der Waals surface area contributed by atoms with Gasteiger partial charge < -0.3 is 46.0 Å². The Morgan fingerprint density at radius 3 is 0.619 bits per heavy atom. The number of hydrogen-bond acceptors (Lipinski definition) is 9. The van der Waals surface area contributed by atoms with E-state index in [0.717, 1.165) is 0 Å². The molecule has 0 atom stereocenters. The van der Waals surface area contributed by atoms with E-state index >= 15 is 0 Å². The molecule has 0 aromatic rings. The van der Waals surface area contributed by atoms with Gasteiger partial charge in [0, 0.05) is 0 Å². The van der Waals surface area contributed by atoms with Gasteiger partial charge in [0.15, 0.2) is 0 Å². The second kappa shape index (κ2) is 7.77. The van der Waals surface area contributed by atoms with Gasteiger partial charge in [0.2, 0.25) is 0 Å². The fourth-order valence-electron chi connectivity index (χ4n) is 2.44. The lowest BCUT2D eigenvalue weighted by Crippen LogP contribution is -2.63. The molecule has 0 aliphatic heterocycles. The molecule has 2 rings (SSSR count). The van der Waals surface area contributed by atoms with Crippen molar-refractivity contribution in [2.45, 2.75) is 74.2 Å². The topological polar surface area (TPSA) is 182 Å². The molecule has 2 aliphatic rings. The van der Waals surface area contributed by atoms with Crippen LogP contribution in [0.3, 0.4) is 0 Å². The summed E-state index contributed by atoms with van der Waals surface area (Å²) in [6.45, 7) is 0. The number of aliphatic hydroxyl groups is 9. The van der Waals surface area contributed by atoms with Crippen molar-refractivity contribution in [1.82, 2.24) is 0 Å². The minimum atomic E-state index is -1.64. The average molecular weight is 312 g/mol. The average Bonchev–Trinajstić information content (AvgIpc) is 2.40. The van der Waals surface area contributed by atoms with Crippen LogP contribution in [0.15, 0.2) is 0 Å². The Morgan fingerprint density at radius 1 is 0.333 bits per heavy atom. The first-order valence-corrected chi connectivity index (χ1v) is 6.77. The van der Waals surface area contributed by atoms with Crippen molar-refractivity contribution in [3.8, 4) is 0 Å². The molecule has 2 fully saturated rings. The van der Waals surface area contributed by atoms with Crippen LogP contribution in [-0.2, 0) is 0 Å². The van der Waals surface area contributed by atoms with Crippen LogP contribution in [0.4, 0.5) is 0 Å². The van der Waals surface area contributed by atoms with Gasteiger partial charge >= 0.3 is 0 Å². The van der Waals surface area contributed by atoms with Gasteiger partial charge in [-0.25, -0.2) is 0 Å². The molecule has 0 aromatic carbocycles. The fraction of sp³-hybridized carbons (Fsp3) is 1.00. The number of hydrogen-bond donors (Lipinski definition) is 9. The van der Waals surface area contributed by atoms with Crippen LogP contribution >= 0.6 is 0 Å². The zero-order valence-corrected chi connectivity index (χ0v) is 11.3. The molecule has 0 bridgehead atoms. The van der Waals surface area contributed by atoms with Gasteiger partial charge in [0.05, 0.1) is 18.3 Å². The molecule has 9 nitrogen and oxygen atoms in total. The normalized spacial score (nSPS) is 51.0. The summed E-state index contributed by atoms with van der Waals surface area (Å²) in [6.07, 6.45) is -10.1. The van der Waals surface area contributed by atoms with Crippen LogP contribution in [0.2, 0.25) is 0 Å². The van der Waals surface area contributed by atoms with Crippen LogP contribution in [0, 0.1) is 0 Å². The maximum atomic E-state index is 8.97. The molecule has 0 saturated heterocycles. The molecular formula is C12H24O9. The van der Waals surface area contributed by atoms with Crippen molar-refractivity contribution in [1.29, 1.82) is 0 Å². The van der Waals surface area contributed by atoms with E-state index in [1.165, 1.54) is 0 Å². The molecule has 0 heterocycles. The van der Waals surface area contributed by atoms with E-state index in [1.54, 1.807) is 0 Å². The summed E-state index contributed by atoms with van der Waals surface area (Å²) in [5.41, 5.74) is 0. The van der Waals surface area contributed by atoms with Crippen LogP contribution in [0.1, 0.15) is 19.3 Å². The van der Waals surface area contributed by atoms with Crippen molar-refractivity contribution in [3.05, 3.63) is 0 Å². The summed E-state index contributed by atoms with van der Waals surface area (Å²) >= 11 is 0. The van der Waals surface area contributed by atoms with Crippen LogP contribution < -0.4 is 0 Å². The number of aliphatic hydroxyl groups excluding tert-OH is 9. The third-order valence-electron chi connectivity index (χ3n) is 3.73. The van der Waals surface area contributed by atoms with Gasteiger partial charge in [0.1, 0.15) is 36.6 Å². The Labute approximate surface area is 121 Å². The van der Waals surface area contributed by atoms with Gasteiger partial charge in [0.25, 0.3) is 0 Å². The third kappa shape index (κ3) is 4.81. The first-order valence-electron chi connectivity index (χ1n) is 6.77. The zero-order chi connectivity index (χ0) is 16.3. The molecule has 21 heavy (non-hydrogen) atoms. The molecule has 2 aliphatic carbocycles. The van der Waals surface area contributed by atoms with E-state index in [1.807, 2.05) is 0 Å². The van der Waals surface area contributed by atoms with Gasteiger partial charge in [-0.2, -0.15) is 0 Å². The number of rotatable bonds is 0. The van der Waals surface area contributed by atoms with E-state index in [0.29, 0.717) is 19.3 Å². The quantitative estimate of drug-likeness (QED) is 0.212. The first kappa shape index (κ1) is 18.7. The highest BCUT2D eigenvalue weighted by Gasteiger charge is 2.47. The molecule has 0 aromatic heterocycles. The van der Waals surface area contributed by atoms with E-state index in [2.05, 4.69) is 0 Å².